The van der Waals surface area contributed by atoms with Gasteiger partial charge in [-0.05, 0) is 12.8 Å². The maximum atomic E-state index is 11.4. The molecule has 1 amide bonds. The third-order valence-corrected chi connectivity index (χ3v) is 3.12. The van der Waals surface area contributed by atoms with E-state index in [0.29, 0.717) is 13.2 Å². The Morgan fingerprint density at radius 3 is 2.69 bits per heavy atom. The van der Waals surface area contributed by atoms with Gasteiger partial charge in [0, 0.05) is 19.2 Å². The summed E-state index contributed by atoms with van der Waals surface area (Å²) in [4.78, 5) is 11.4. The van der Waals surface area contributed by atoms with Crippen molar-refractivity contribution in [2.45, 2.75) is 31.2 Å². The van der Waals surface area contributed by atoms with Crippen LogP contribution in [-0.2, 0) is 9.53 Å². The molecule has 0 unspecified atom stereocenters. The quantitative estimate of drug-likeness (QED) is 0.523. The van der Waals surface area contributed by atoms with Crippen LogP contribution in [0.5, 0.6) is 0 Å². The minimum absolute atomic E-state index is 0.0447. The molecule has 0 aromatic heterocycles. The van der Waals surface area contributed by atoms with E-state index in [2.05, 4.69) is 10.6 Å². The van der Waals surface area contributed by atoms with E-state index < -0.39 is 0 Å². The van der Waals surface area contributed by atoms with Gasteiger partial charge in [-0.15, -0.1) is 0 Å². The van der Waals surface area contributed by atoms with E-state index in [1.807, 2.05) is 0 Å². The predicted molar refractivity (Wildman–Crippen MR) is 61.2 cm³/mol. The summed E-state index contributed by atoms with van der Waals surface area (Å²) >= 11 is 0. The number of ether oxygens (including phenoxy) is 1. The topological polar surface area (TPSA) is 70.6 Å². The highest BCUT2D eigenvalue weighted by Gasteiger charge is 2.32. The van der Waals surface area contributed by atoms with Crippen LogP contribution in [0, 0.1) is 0 Å². The molecule has 0 spiro atoms. The van der Waals surface area contributed by atoms with Gasteiger partial charge in [0.25, 0.3) is 0 Å². The summed E-state index contributed by atoms with van der Waals surface area (Å²) in [5, 5.41) is 15.2. The summed E-state index contributed by atoms with van der Waals surface area (Å²) in [6.45, 7) is 1.43. The molecule has 0 saturated heterocycles. The van der Waals surface area contributed by atoms with Crippen LogP contribution in [-0.4, -0.2) is 50.0 Å². The molecule has 94 valence electrons. The van der Waals surface area contributed by atoms with Crippen molar-refractivity contribution >= 4 is 5.91 Å². The lowest BCUT2D eigenvalue weighted by atomic mass is 9.99. The van der Waals surface area contributed by atoms with Gasteiger partial charge in [0.05, 0.1) is 19.8 Å². The molecular formula is C11H22N2O3. The fourth-order valence-corrected chi connectivity index (χ4v) is 2.07. The molecule has 3 N–H and O–H groups in total. The van der Waals surface area contributed by atoms with E-state index in [4.69, 9.17) is 4.74 Å². The van der Waals surface area contributed by atoms with Gasteiger partial charge in [0.15, 0.2) is 0 Å². The normalized spacial score (nSPS) is 18.6. The number of amides is 1. The average molecular weight is 230 g/mol. The molecule has 0 aromatic rings. The summed E-state index contributed by atoms with van der Waals surface area (Å²) in [5.74, 6) is -0.0447. The minimum atomic E-state index is -0.224. The summed E-state index contributed by atoms with van der Waals surface area (Å²) in [6.07, 6.45) is 4.15. The fourth-order valence-electron chi connectivity index (χ4n) is 2.07. The van der Waals surface area contributed by atoms with Gasteiger partial charge in [-0.1, -0.05) is 12.8 Å². The summed E-state index contributed by atoms with van der Waals surface area (Å²) in [5.41, 5.74) is -0.224. The molecule has 1 fully saturated rings. The Kier molecular flexibility index (Phi) is 5.73. The molecule has 16 heavy (non-hydrogen) atoms. The molecular weight excluding hydrogens is 208 g/mol. The summed E-state index contributed by atoms with van der Waals surface area (Å²) < 4.78 is 4.84. The highest BCUT2D eigenvalue weighted by molar-refractivity contribution is 5.78. The van der Waals surface area contributed by atoms with Crippen molar-refractivity contribution in [3.8, 4) is 0 Å². The lowest BCUT2D eigenvalue weighted by molar-refractivity contribution is -0.120. The van der Waals surface area contributed by atoms with Crippen LogP contribution in [0.4, 0.5) is 0 Å². The first-order valence-electron chi connectivity index (χ1n) is 5.84. The van der Waals surface area contributed by atoms with Gasteiger partial charge in [-0.3, -0.25) is 4.79 Å². The zero-order valence-electron chi connectivity index (χ0n) is 9.92. The van der Waals surface area contributed by atoms with Crippen LogP contribution in [0.3, 0.4) is 0 Å². The Hall–Kier alpha value is -0.650. The monoisotopic (exact) mass is 230 g/mol. The average Bonchev–Trinajstić information content (AvgIpc) is 2.76. The Morgan fingerprint density at radius 1 is 1.44 bits per heavy atom. The smallest absolute Gasteiger partial charge is 0.234 e. The molecule has 1 aliphatic carbocycles. The molecule has 5 heteroatoms. The van der Waals surface area contributed by atoms with E-state index in [9.17, 15) is 9.90 Å². The SMILES string of the molecule is COCCNC(=O)CNC1(CO)CCCC1. The second kappa shape index (κ2) is 6.83. The highest BCUT2D eigenvalue weighted by Crippen LogP contribution is 2.28. The summed E-state index contributed by atoms with van der Waals surface area (Å²) in [7, 11) is 1.60. The van der Waals surface area contributed by atoms with Crippen LogP contribution >= 0.6 is 0 Å². The maximum absolute atomic E-state index is 11.4. The van der Waals surface area contributed by atoms with Crippen LogP contribution in [0.25, 0.3) is 0 Å². The molecule has 1 rings (SSSR count). The number of carbonyl (C=O) groups is 1. The second-order valence-corrected chi connectivity index (χ2v) is 4.34. The van der Waals surface area contributed by atoms with Crippen molar-refractivity contribution in [1.82, 2.24) is 10.6 Å². The Morgan fingerprint density at radius 2 is 2.12 bits per heavy atom. The van der Waals surface area contributed by atoms with Crippen molar-refractivity contribution in [1.29, 1.82) is 0 Å². The van der Waals surface area contributed by atoms with Gasteiger partial charge in [0.2, 0.25) is 5.91 Å². The first-order chi connectivity index (χ1) is 7.72. The van der Waals surface area contributed by atoms with Gasteiger partial charge in [-0.25, -0.2) is 0 Å². The molecule has 1 saturated carbocycles. The number of aliphatic hydroxyl groups excluding tert-OH is 1. The third kappa shape index (κ3) is 4.08. The number of hydrogen-bond acceptors (Lipinski definition) is 4. The highest BCUT2D eigenvalue weighted by atomic mass is 16.5. The molecule has 5 nitrogen and oxygen atoms in total. The van der Waals surface area contributed by atoms with Crippen molar-refractivity contribution in [3.05, 3.63) is 0 Å². The fraction of sp³-hybridized carbons (Fsp3) is 0.909. The van der Waals surface area contributed by atoms with Crippen molar-refractivity contribution < 1.29 is 14.6 Å². The second-order valence-electron chi connectivity index (χ2n) is 4.34. The van der Waals surface area contributed by atoms with Crippen LogP contribution in [0.1, 0.15) is 25.7 Å². The zero-order valence-corrected chi connectivity index (χ0v) is 9.92. The Balaban J connectivity index is 2.19. The van der Waals surface area contributed by atoms with E-state index >= 15 is 0 Å². The van der Waals surface area contributed by atoms with Gasteiger partial charge >= 0.3 is 0 Å². The summed E-state index contributed by atoms with van der Waals surface area (Å²) in [6, 6.07) is 0. The van der Waals surface area contributed by atoms with Crippen molar-refractivity contribution in [2.24, 2.45) is 0 Å². The van der Waals surface area contributed by atoms with E-state index in [1.54, 1.807) is 7.11 Å². The van der Waals surface area contributed by atoms with Gasteiger partial charge in [-0.2, -0.15) is 0 Å². The first-order valence-corrected chi connectivity index (χ1v) is 5.84. The molecule has 1 aliphatic rings. The number of nitrogens with one attached hydrogen (secondary N) is 2. The van der Waals surface area contributed by atoms with Crippen molar-refractivity contribution in [2.75, 3.05) is 33.4 Å². The number of aliphatic hydroxyl groups is 1. The molecule has 0 heterocycles. The van der Waals surface area contributed by atoms with E-state index in [0.717, 1.165) is 25.7 Å². The number of hydrogen-bond donors (Lipinski definition) is 3. The van der Waals surface area contributed by atoms with Crippen molar-refractivity contribution in [3.63, 3.8) is 0 Å². The van der Waals surface area contributed by atoms with Crippen LogP contribution in [0.15, 0.2) is 0 Å². The lowest BCUT2D eigenvalue weighted by Crippen LogP contribution is -2.50. The van der Waals surface area contributed by atoms with Crippen LogP contribution in [0.2, 0.25) is 0 Å². The van der Waals surface area contributed by atoms with E-state index in [1.165, 1.54) is 0 Å². The van der Waals surface area contributed by atoms with Gasteiger partial charge in [0.1, 0.15) is 0 Å². The maximum Gasteiger partial charge on any atom is 0.234 e. The lowest BCUT2D eigenvalue weighted by Gasteiger charge is -2.27. The molecule has 0 aromatic carbocycles. The van der Waals surface area contributed by atoms with Crippen LogP contribution < -0.4 is 10.6 Å². The Bertz CT molecular complexity index is 215. The molecule has 0 aliphatic heterocycles. The molecule has 0 radical (unpaired) electrons. The number of rotatable bonds is 7. The van der Waals surface area contributed by atoms with E-state index in [-0.39, 0.29) is 24.6 Å². The minimum Gasteiger partial charge on any atom is -0.394 e. The largest absolute Gasteiger partial charge is 0.394 e. The van der Waals surface area contributed by atoms with Gasteiger partial charge < -0.3 is 20.5 Å². The Labute approximate surface area is 96.6 Å². The molecule has 0 atom stereocenters. The predicted octanol–water partition coefficient (Wildman–Crippen LogP) is -0.356. The first kappa shape index (κ1) is 13.4. The standard InChI is InChI=1S/C11H22N2O3/c1-16-7-6-12-10(15)8-13-11(9-14)4-2-3-5-11/h13-14H,2-9H2,1H3,(H,12,15). The molecule has 0 bridgehead atoms. The number of carbonyl (C=O) groups excluding carboxylic acids is 1. The number of methoxy groups -OCH3 is 1. The third-order valence-electron chi connectivity index (χ3n) is 3.12. The zero-order chi connectivity index (χ0) is 11.9.